The summed E-state index contributed by atoms with van der Waals surface area (Å²) in [6.07, 6.45) is 3.63. The summed E-state index contributed by atoms with van der Waals surface area (Å²) in [5, 5.41) is 9.23. The summed E-state index contributed by atoms with van der Waals surface area (Å²) in [5.74, 6) is 0. The van der Waals surface area contributed by atoms with Gasteiger partial charge in [0, 0.05) is 17.6 Å². The molecule has 1 atom stereocenters. The lowest BCUT2D eigenvalue weighted by Gasteiger charge is -2.04. The molecule has 0 aliphatic rings. The number of nitrogens with zero attached hydrogens (tertiary/aromatic N) is 4. The molecule has 2 N–H and O–H groups in total. The van der Waals surface area contributed by atoms with Crippen molar-refractivity contribution in [2.45, 2.75) is 13.0 Å². The standard InChI is InChI=1S/C13H13N5/c1-9(14)12-8-18(17-16-12)13-6-2-5-11-10(13)4-3-7-15-11/h2-9H,14H2,1H3. The SMILES string of the molecule is CC(N)c1cn(-c2cccc3ncccc23)nn1. The van der Waals surface area contributed by atoms with Crippen molar-refractivity contribution in [1.29, 1.82) is 0 Å². The number of nitrogens with two attached hydrogens (primary N) is 1. The Bertz CT molecular complexity index is 681. The minimum absolute atomic E-state index is 0.119. The van der Waals surface area contributed by atoms with Crippen molar-refractivity contribution in [3.63, 3.8) is 0 Å². The number of benzene rings is 1. The molecule has 0 saturated heterocycles. The average molecular weight is 239 g/mol. The van der Waals surface area contributed by atoms with Crippen LogP contribution in [-0.4, -0.2) is 20.0 Å². The molecule has 0 spiro atoms. The maximum absolute atomic E-state index is 5.79. The van der Waals surface area contributed by atoms with Gasteiger partial charge in [0.1, 0.15) is 0 Å². The van der Waals surface area contributed by atoms with Crippen LogP contribution in [0.15, 0.2) is 42.7 Å². The van der Waals surface area contributed by atoms with Gasteiger partial charge in [-0.05, 0) is 31.2 Å². The zero-order valence-electron chi connectivity index (χ0n) is 9.99. The molecule has 90 valence electrons. The normalized spacial score (nSPS) is 12.8. The van der Waals surface area contributed by atoms with E-state index >= 15 is 0 Å². The van der Waals surface area contributed by atoms with Crippen LogP contribution in [0.4, 0.5) is 0 Å². The third-order valence-corrected chi connectivity index (χ3v) is 2.85. The molecule has 0 aliphatic carbocycles. The molecule has 3 aromatic rings. The number of aromatic nitrogens is 4. The van der Waals surface area contributed by atoms with Crippen molar-refractivity contribution < 1.29 is 0 Å². The number of fused-ring (bicyclic) bond motifs is 1. The molecule has 0 bridgehead atoms. The maximum Gasteiger partial charge on any atom is 0.0995 e. The second-order valence-electron chi connectivity index (χ2n) is 4.22. The number of rotatable bonds is 2. The van der Waals surface area contributed by atoms with Gasteiger partial charge in [-0.15, -0.1) is 5.10 Å². The Morgan fingerprint density at radius 3 is 2.89 bits per heavy atom. The summed E-state index contributed by atoms with van der Waals surface area (Å²) in [6, 6.07) is 9.73. The fraction of sp³-hybridized carbons (Fsp3) is 0.154. The van der Waals surface area contributed by atoms with E-state index in [0.29, 0.717) is 0 Å². The molecule has 0 amide bonds. The second kappa shape index (κ2) is 4.19. The topological polar surface area (TPSA) is 69.6 Å². The molecule has 2 heterocycles. The predicted molar refractivity (Wildman–Crippen MR) is 69.3 cm³/mol. The van der Waals surface area contributed by atoms with Crippen molar-refractivity contribution in [1.82, 2.24) is 20.0 Å². The van der Waals surface area contributed by atoms with Crippen LogP contribution in [0.1, 0.15) is 18.7 Å². The summed E-state index contributed by atoms with van der Waals surface area (Å²) >= 11 is 0. The highest BCUT2D eigenvalue weighted by Gasteiger charge is 2.08. The van der Waals surface area contributed by atoms with Gasteiger partial charge in [0.05, 0.1) is 23.1 Å². The fourth-order valence-electron chi connectivity index (χ4n) is 1.89. The van der Waals surface area contributed by atoms with Crippen LogP contribution in [0.2, 0.25) is 0 Å². The van der Waals surface area contributed by atoms with Gasteiger partial charge < -0.3 is 5.73 Å². The number of hydrogen-bond acceptors (Lipinski definition) is 4. The number of pyridine rings is 1. The molecule has 1 unspecified atom stereocenters. The Kier molecular flexibility index (Phi) is 2.53. The van der Waals surface area contributed by atoms with Crippen LogP contribution >= 0.6 is 0 Å². The maximum atomic E-state index is 5.79. The van der Waals surface area contributed by atoms with Crippen molar-refractivity contribution in [2.24, 2.45) is 5.73 Å². The van der Waals surface area contributed by atoms with E-state index in [9.17, 15) is 0 Å². The van der Waals surface area contributed by atoms with Crippen molar-refractivity contribution in [3.8, 4) is 5.69 Å². The Morgan fingerprint density at radius 2 is 2.11 bits per heavy atom. The van der Waals surface area contributed by atoms with E-state index in [-0.39, 0.29) is 6.04 Å². The summed E-state index contributed by atoms with van der Waals surface area (Å²) in [4.78, 5) is 4.32. The summed E-state index contributed by atoms with van der Waals surface area (Å²) in [5.41, 5.74) is 8.46. The van der Waals surface area contributed by atoms with Gasteiger partial charge in [-0.3, -0.25) is 4.98 Å². The Hall–Kier alpha value is -2.27. The van der Waals surface area contributed by atoms with Gasteiger partial charge in [0.25, 0.3) is 0 Å². The van der Waals surface area contributed by atoms with Crippen molar-refractivity contribution in [2.75, 3.05) is 0 Å². The third-order valence-electron chi connectivity index (χ3n) is 2.85. The van der Waals surface area contributed by atoms with E-state index in [1.54, 1.807) is 10.9 Å². The molecule has 0 saturated carbocycles. The van der Waals surface area contributed by atoms with Crippen molar-refractivity contribution >= 4 is 10.9 Å². The smallest absolute Gasteiger partial charge is 0.0995 e. The molecule has 5 heteroatoms. The van der Waals surface area contributed by atoms with Crippen LogP contribution < -0.4 is 5.73 Å². The van der Waals surface area contributed by atoms with Crippen molar-refractivity contribution in [3.05, 3.63) is 48.4 Å². The van der Waals surface area contributed by atoms with E-state index in [4.69, 9.17) is 5.73 Å². The Balaban J connectivity index is 2.18. The highest BCUT2D eigenvalue weighted by atomic mass is 15.4. The first-order chi connectivity index (χ1) is 8.75. The first kappa shape index (κ1) is 10.9. The molecule has 0 aliphatic heterocycles. The molecule has 1 aromatic carbocycles. The fourth-order valence-corrected chi connectivity index (χ4v) is 1.89. The molecular weight excluding hydrogens is 226 g/mol. The summed E-state index contributed by atoms with van der Waals surface area (Å²) < 4.78 is 1.74. The first-order valence-electron chi connectivity index (χ1n) is 5.77. The van der Waals surface area contributed by atoms with Crippen LogP contribution in [0.25, 0.3) is 16.6 Å². The Morgan fingerprint density at radius 1 is 1.22 bits per heavy atom. The van der Waals surface area contributed by atoms with E-state index < -0.39 is 0 Å². The molecule has 2 aromatic heterocycles. The minimum atomic E-state index is -0.119. The van der Waals surface area contributed by atoms with Gasteiger partial charge in [-0.2, -0.15) is 0 Å². The lowest BCUT2D eigenvalue weighted by atomic mass is 10.2. The molecule has 5 nitrogen and oxygen atoms in total. The zero-order valence-corrected chi connectivity index (χ0v) is 9.99. The highest BCUT2D eigenvalue weighted by Crippen LogP contribution is 2.20. The average Bonchev–Trinajstić information content (AvgIpc) is 2.87. The van der Waals surface area contributed by atoms with E-state index in [1.165, 1.54) is 0 Å². The van der Waals surface area contributed by atoms with Gasteiger partial charge >= 0.3 is 0 Å². The quantitative estimate of drug-likeness (QED) is 0.740. The summed E-state index contributed by atoms with van der Waals surface area (Å²) in [6.45, 7) is 1.89. The van der Waals surface area contributed by atoms with Crippen LogP contribution in [0.3, 0.4) is 0 Å². The largest absolute Gasteiger partial charge is 0.323 e. The highest BCUT2D eigenvalue weighted by molar-refractivity contribution is 5.86. The van der Waals surface area contributed by atoms with Gasteiger partial charge in [0.2, 0.25) is 0 Å². The first-order valence-corrected chi connectivity index (χ1v) is 5.77. The molecular formula is C13H13N5. The van der Waals surface area contributed by atoms with E-state index in [2.05, 4.69) is 15.3 Å². The molecule has 0 radical (unpaired) electrons. The molecule has 18 heavy (non-hydrogen) atoms. The predicted octanol–water partition coefficient (Wildman–Crippen LogP) is 1.84. The van der Waals surface area contributed by atoms with E-state index in [1.807, 2.05) is 43.5 Å². The van der Waals surface area contributed by atoms with Gasteiger partial charge in [-0.1, -0.05) is 11.3 Å². The molecule has 3 rings (SSSR count). The minimum Gasteiger partial charge on any atom is -0.323 e. The lowest BCUT2D eigenvalue weighted by Crippen LogP contribution is -2.04. The van der Waals surface area contributed by atoms with Crippen LogP contribution in [-0.2, 0) is 0 Å². The molecule has 0 fully saturated rings. The number of hydrogen-bond donors (Lipinski definition) is 1. The summed E-state index contributed by atoms with van der Waals surface area (Å²) in [7, 11) is 0. The van der Waals surface area contributed by atoms with Gasteiger partial charge in [0.15, 0.2) is 0 Å². The van der Waals surface area contributed by atoms with Gasteiger partial charge in [-0.25, -0.2) is 4.68 Å². The third kappa shape index (κ3) is 1.74. The monoisotopic (exact) mass is 239 g/mol. The van der Waals surface area contributed by atoms with Crippen LogP contribution in [0, 0.1) is 0 Å². The Labute approximate surface area is 104 Å². The van der Waals surface area contributed by atoms with E-state index in [0.717, 1.165) is 22.3 Å². The second-order valence-corrected chi connectivity index (χ2v) is 4.22. The lowest BCUT2D eigenvalue weighted by molar-refractivity contribution is 0.757. The van der Waals surface area contributed by atoms with Crippen LogP contribution in [0.5, 0.6) is 0 Å². The zero-order chi connectivity index (χ0) is 12.5.